The number of ether oxygens (including phenoxy) is 2. The van der Waals surface area contributed by atoms with Crippen LogP contribution >= 0.6 is 0 Å². The number of carbonyl (C=O) groups excluding carboxylic acids is 1. The predicted octanol–water partition coefficient (Wildman–Crippen LogP) is 4.07. The van der Waals surface area contributed by atoms with Crippen molar-refractivity contribution in [2.24, 2.45) is 0 Å². The number of carbonyl (C=O) groups is 1. The normalized spacial score (nSPS) is 18.5. The summed E-state index contributed by atoms with van der Waals surface area (Å²) < 4.78 is 17.4. The Morgan fingerprint density at radius 3 is 2.37 bits per heavy atom. The minimum Gasteiger partial charge on any atom is -0.491 e. The molecule has 5 rings (SSSR count). The molecule has 0 N–H and O–H groups in total. The van der Waals surface area contributed by atoms with Crippen molar-refractivity contribution in [1.82, 2.24) is 9.80 Å². The van der Waals surface area contributed by atoms with Crippen LogP contribution in [0.3, 0.4) is 0 Å². The molecule has 0 bridgehead atoms. The van der Waals surface area contributed by atoms with Crippen molar-refractivity contribution in [3.63, 3.8) is 0 Å². The third-order valence-electron chi connectivity index (χ3n) is 6.91. The largest absolute Gasteiger partial charge is 0.491 e. The lowest BCUT2D eigenvalue weighted by Gasteiger charge is -2.31. The van der Waals surface area contributed by atoms with Gasteiger partial charge in [-0.15, -0.1) is 0 Å². The Hall–Kier alpha value is -3.16. The Balaban J connectivity index is 1.58. The van der Waals surface area contributed by atoms with E-state index in [2.05, 4.69) is 4.90 Å². The molecular weight excluding hydrogens is 444 g/mol. The number of amides is 1. The predicted molar refractivity (Wildman–Crippen MR) is 134 cm³/mol. The maximum Gasteiger partial charge on any atom is 0.290 e. The smallest absolute Gasteiger partial charge is 0.290 e. The Bertz CT molecular complexity index is 1310. The molecule has 7 heteroatoms. The number of fused-ring (bicyclic) bond motifs is 2. The molecule has 1 unspecified atom stereocenters. The Morgan fingerprint density at radius 2 is 1.69 bits per heavy atom. The summed E-state index contributed by atoms with van der Waals surface area (Å²) in [6.45, 7) is 12.2. The molecule has 1 atom stereocenters. The summed E-state index contributed by atoms with van der Waals surface area (Å²) >= 11 is 0. The Morgan fingerprint density at radius 1 is 1.00 bits per heavy atom. The first-order valence-electron chi connectivity index (χ1n) is 12.3. The quantitative estimate of drug-likeness (QED) is 0.534. The topological polar surface area (TPSA) is 72.2 Å². The highest BCUT2D eigenvalue weighted by molar-refractivity contribution is 5.99. The van der Waals surface area contributed by atoms with E-state index in [1.54, 1.807) is 4.90 Å². The molecule has 0 saturated carbocycles. The highest BCUT2D eigenvalue weighted by Gasteiger charge is 2.42. The maximum absolute atomic E-state index is 13.8. The number of nitrogens with zero attached hydrogens (tertiary/aromatic N) is 2. The minimum atomic E-state index is -0.506. The highest BCUT2D eigenvalue weighted by atomic mass is 16.5. The average molecular weight is 477 g/mol. The molecule has 0 aliphatic carbocycles. The van der Waals surface area contributed by atoms with Crippen LogP contribution in [0.15, 0.2) is 45.6 Å². The first kappa shape index (κ1) is 23.6. The number of hydrogen-bond donors (Lipinski definition) is 0. The van der Waals surface area contributed by atoms with Gasteiger partial charge in [0.15, 0.2) is 5.43 Å². The van der Waals surface area contributed by atoms with Crippen LogP contribution in [-0.2, 0) is 4.74 Å². The van der Waals surface area contributed by atoms with Crippen molar-refractivity contribution < 1.29 is 18.7 Å². The second-order valence-electron chi connectivity index (χ2n) is 9.70. The van der Waals surface area contributed by atoms with E-state index in [1.165, 1.54) is 0 Å². The molecule has 2 aliphatic rings. The maximum atomic E-state index is 13.8. The lowest BCUT2D eigenvalue weighted by atomic mass is 9.97. The molecule has 1 saturated heterocycles. The summed E-state index contributed by atoms with van der Waals surface area (Å²) in [5.41, 5.74) is 3.65. The van der Waals surface area contributed by atoms with Gasteiger partial charge < -0.3 is 18.8 Å². The fourth-order valence-electron chi connectivity index (χ4n) is 4.93. The molecule has 2 aromatic carbocycles. The van der Waals surface area contributed by atoms with Crippen molar-refractivity contribution in [2.45, 2.75) is 39.8 Å². The number of benzene rings is 2. The van der Waals surface area contributed by atoms with E-state index in [-0.39, 0.29) is 23.2 Å². The molecule has 184 valence electrons. The molecule has 3 aromatic rings. The van der Waals surface area contributed by atoms with Crippen molar-refractivity contribution >= 4 is 16.9 Å². The van der Waals surface area contributed by atoms with Crippen molar-refractivity contribution in [3.8, 4) is 5.75 Å². The van der Waals surface area contributed by atoms with Crippen LogP contribution in [0.2, 0.25) is 0 Å². The van der Waals surface area contributed by atoms with Crippen LogP contribution < -0.4 is 10.2 Å². The molecule has 1 fully saturated rings. The zero-order valence-corrected chi connectivity index (χ0v) is 20.8. The monoisotopic (exact) mass is 476 g/mol. The van der Waals surface area contributed by atoms with Crippen molar-refractivity contribution in [3.05, 3.63) is 74.6 Å². The van der Waals surface area contributed by atoms with E-state index < -0.39 is 6.04 Å². The molecule has 7 nitrogen and oxygen atoms in total. The lowest BCUT2D eigenvalue weighted by Crippen LogP contribution is -2.42. The van der Waals surface area contributed by atoms with Gasteiger partial charge in [0.1, 0.15) is 11.3 Å². The zero-order valence-electron chi connectivity index (χ0n) is 20.8. The fourth-order valence-corrected chi connectivity index (χ4v) is 4.93. The summed E-state index contributed by atoms with van der Waals surface area (Å²) in [6.07, 6.45) is 0.0600. The van der Waals surface area contributed by atoms with Crippen LogP contribution in [0.5, 0.6) is 5.75 Å². The molecule has 0 spiro atoms. The van der Waals surface area contributed by atoms with E-state index in [1.807, 2.05) is 64.1 Å². The Kier molecular flexibility index (Phi) is 6.38. The molecule has 2 aliphatic heterocycles. The Labute approximate surface area is 205 Å². The lowest BCUT2D eigenvalue weighted by molar-refractivity contribution is 0.0314. The summed E-state index contributed by atoms with van der Waals surface area (Å²) in [5.74, 6) is 0.669. The summed E-state index contributed by atoms with van der Waals surface area (Å²) in [5, 5.41) is 0.513. The highest BCUT2D eigenvalue weighted by Crippen LogP contribution is 2.38. The van der Waals surface area contributed by atoms with Gasteiger partial charge in [0, 0.05) is 26.2 Å². The van der Waals surface area contributed by atoms with Gasteiger partial charge in [-0.2, -0.15) is 0 Å². The van der Waals surface area contributed by atoms with Crippen LogP contribution in [-0.4, -0.2) is 61.2 Å². The molecule has 35 heavy (non-hydrogen) atoms. The minimum absolute atomic E-state index is 0.0600. The third kappa shape index (κ3) is 4.46. The van der Waals surface area contributed by atoms with Crippen molar-refractivity contribution in [2.75, 3.05) is 39.4 Å². The third-order valence-corrected chi connectivity index (χ3v) is 6.91. The number of aryl methyl sites for hydroxylation is 2. The molecule has 3 heterocycles. The van der Waals surface area contributed by atoms with Gasteiger partial charge in [-0.25, -0.2) is 0 Å². The van der Waals surface area contributed by atoms with Crippen LogP contribution in [0.1, 0.15) is 52.7 Å². The first-order valence-corrected chi connectivity index (χ1v) is 12.3. The van der Waals surface area contributed by atoms with Crippen molar-refractivity contribution in [1.29, 1.82) is 0 Å². The molecule has 1 amide bonds. The van der Waals surface area contributed by atoms with Crippen LogP contribution in [0.4, 0.5) is 0 Å². The van der Waals surface area contributed by atoms with E-state index in [4.69, 9.17) is 13.9 Å². The van der Waals surface area contributed by atoms with Gasteiger partial charge >= 0.3 is 0 Å². The van der Waals surface area contributed by atoms with Crippen LogP contribution in [0.25, 0.3) is 11.0 Å². The molecule has 0 radical (unpaired) electrons. The second kappa shape index (κ2) is 9.47. The van der Waals surface area contributed by atoms with Gasteiger partial charge in [0.05, 0.1) is 36.3 Å². The van der Waals surface area contributed by atoms with Crippen LogP contribution in [0, 0.1) is 13.8 Å². The van der Waals surface area contributed by atoms with Gasteiger partial charge in [-0.05, 0) is 68.7 Å². The van der Waals surface area contributed by atoms with Gasteiger partial charge in [0.2, 0.25) is 5.76 Å². The SMILES string of the molecule is Cc1cc2oc3c(c(=O)c2cc1C)C(c1ccc(OC(C)C)cc1)N(CCN1CCOCC1)C3=O. The van der Waals surface area contributed by atoms with E-state index in [9.17, 15) is 9.59 Å². The summed E-state index contributed by atoms with van der Waals surface area (Å²) in [6, 6.07) is 10.9. The average Bonchev–Trinajstić information content (AvgIpc) is 3.12. The van der Waals surface area contributed by atoms with E-state index in [0.717, 1.165) is 35.5 Å². The van der Waals surface area contributed by atoms with Gasteiger partial charge in [-0.3, -0.25) is 14.5 Å². The number of morpholine rings is 1. The number of rotatable bonds is 6. The number of hydrogen-bond acceptors (Lipinski definition) is 6. The van der Waals surface area contributed by atoms with Gasteiger partial charge in [0.25, 0.3) is 5.91 Å². The second-order valence-corrected chi connectivity index (χ2v) is 9.70. The van der Waals surface area contributed by atoms with E-state index >= 15 is 0 Å². The van der Waals surface area contributed by atoms with E-state index in [0.29, 0.717) is 42.8 Å². The zero-order chi connectivity index (χ0) is 24.7. The summed E-state index contributed by atoms with van der Waals surface area (Å²) in [7, 11) is 0. The first-order chi connectivity index (χ1) is 16.8. The summed E-state index contributed by atoms with van der Waals surface area (Å²) in [4.78, 5) is 31.5. The molecule has 1 aromatic heterocycles. The van der Waals surface area contributed by atoms with Gasteiger partial charge in [-0.1, -0.05) is 12.1 Å². The fraction of sp³-hybridized carbons (Fsp3) is 0.429. The standard InChI is InChI=1S/C28H32N2O5/c1-17(2)34-21-7-5-20(6-8-21)25-24-26(31)22-15-18(3)19(4)16-23(22)35-27(24)28(32)30(25)10-9-29-11-13-33-14-12-29/h5-8,15-17,25H,9-14H2,1-4H3. The molecular formula is C28H32N2O5.